The molecule has 24 heavy (non-hydrogen) atoms. The quantitative estimate of drug-likeness (QED) is 0.802. The number of aromatic nitrogens is 2. The van der Waals surface area contributed by atoms with E-state index in [4.69, 9.17) is 0 Å². The highest BCUT2D eigenvalue weighted by Crippen LogP contribution is 2.18. The fourth-order valence-electron chi connectivity index (χ4n) is 2.69. The minimum absolute atomic E-state index is 0.182. The summed E-state index contributed by atoms with van der Waals surface area (Å²) < 4.78 is 1.97. The minimum Gasteiger partial charge on any atom is -0.321 e. The number of hydrogen-bond donors (Lipinski definition) is 1. The van der Waals surface area contributed by atoms with Crippen molar-refractivity contribution < 1.29 is 4.79 Å². The number of aryl methyl sites for hydroxylation is 2. The molecular formula is C19H22N4O. The number of hydrogen-bond acceptors (Lipinski definition) is 3. The van der Waals surface area contributed by atoms with Gasteiger partial charge in [-0.25, -0.2) is 4.98 Å². The monoisotopic (exact) mass is 322 g/mol. The van der Waals surface area contributed by atoms with Crippen molar-refractivity contribution >= 4 is 17.2 Å². The number of amides is 1. The summed E-state index contributed by atoms with van der Waals surface area (Å²) in [6, 6.07) is 11.7. The van der Waals surface area contributed by atoms with Crippen LogP contribution in [0.1, 0.15) is 27.3 Å². The summed E-state index contributed by atoms with van der Waals surface area (Å²) in [4.78, 5) is 19.3. The molecule has 124 valence electrons. The molecule has 1 N–H and O–H groups in total. The second-order valence-corrected chi connectivity index (χ2v) is 6.33. The van der Waals surface area contributed by atoms with E-state index < -0.39 is 0 Å². The Hall–Kier alpha value is -2.66. The van der Waals surface area contributed by atoms with Crippen LogP contribution in [0.5, 0.6) is 0 Å². The Bertz CT molecular complexity index is 896. The molecule has 1 amide bonds. The first-order valence-corrected chi connectivity index (χ1v) is 7.95. The zero-order valence-corrected chi connectivity index (χ0v) is 14.5. The van der Waals surface area contributed by atoms with Gasteiger partial charge in [-0.3, -0.25) is 4.79 Å². The highest BCUT2D eigenvalue weighted by molar-refractivity contribution is 6.04. The first-order valence-electron chi connectivity index (χ1n) is 7.95. The highest BCUT2D eigenvalue weighted by atomic mass is 16.1. The number of benzene rings is 1. The smallest absolute Gasteiger partial charge is 0.276 e. The van der Waals surface area contributed by atoms with Gasteiger partial charge in [-0.1, -0.05) is 12.1 Å². The average Bonchev–Trinajstić information content (AvgIpc) is 2.89. The van der Waals surface area contributed by atoms with Crippen molar-refractivity contribution in [3.8, 4) is 0 Å². The van der Waals surface area contributed by atoms with Crippen LogP contribution < -0.4 is 5.32 Å². The van der Waals surface area contributed by atoms with Crippen LogP contribution in [-0.4, -0.2) is 34.3 Å². The Labute approximate surface area is 141 Å². The van der Waals surface area contributed by atoms with Crippen LogP contribution in [0.2, 0.25) is 0 Å². The van der Waals surface area contributed by atoms with Gasteiger partial charge in [0.25, 0.3) is 5.91 Å². The number of rotatable bonds is 4. The Kier molecular flexibility index (Phi) is 4.36. The van der Waals surface area contributed by atoms with E-state index in [0.29, 0.717) is 12.2 Å². The maximum Gasteiger partial charge on any atom is 0.276 e. The molecule has 0 saturated carbocycles. The third kappa shape index (κ3) is 3.16. The molecule has 0 aliphatic rings. The van der Waals surface area contributed by atoms with Crippen molar-refractivity contribution in [1.29, 1.82) is 0 Å². The van der Waals surface area contributed by atoms with Gasteiger partial charge in [0, 0.05) is 18.4 Å². The molecule has 2 heterocycles. The van der Waals surface area contributed by atoms with Crippen molar-refractivity contribution in [2.24, 2.45) is 0 Å². The van der Waals surface area contributed by atoms with Crippen molar-refractivity contribution in [2.75, 3.05) is 19.4 Å². The lowest BCUT2D eigenvalue weighted by Gasteiger charge is -2.12. The lowest BCUT2D eigenvalue weighted by Crippen LogP contribution is -2.19. The van der Waals surface area contributed by atoms with Crippen LogP contribution in [0.4, 0.5) is 5.69 Å². The van der Waals surface area contributed by atoms with Crippen LogP contribution in [0, 0.1) is 13.8 Å². The first-order chi connectivity index (χ1) is 11.5. The lowest BCUT2D eigenvalue weighted by atomic mass is 10.1. The molecule has 0 fully saturated rings. The molecular weight excluding hydrogens is 300 g/mol. The van der Waals surface area contributed by atoms with E-state index in [1.165, 1.54) is 5.56 Å². The molecule has 0 bridgehead atoms. The van der Waals surface area contributed by atoms with E-state index in [-0.39, 0.29) is 5.91 Å². The number of imidazole rings is 1. The normalized spacial score (nSPS) is 11.2. The van der Waals surface area contributed by atoms with Crippen LogP contribution in [0.25, 0.3) is 5.65 Å². The third-order valence-electron chi connectivity index (χ3n) is 4.07. The Morgan fingerprint density at radius 1 is 1.17 bits per heavy atom. The van der Waals surface area contributed by atoms with Crippen molar-refractivity contribution in [2.45, 2.75) is 20.4 Å². The molecule has 3 aromatic rings. The standard InChI is InChI=1S/C19H22N4O/c1-13-8-9-15(11-14(13)2)20-19(24)18-16(12-22(3)4)23-10-6-5-7-17(23)21-18/h5-11H,12H2,1-4H3,(H,20,24). The SMILES string of the molecule is Cc1ccc(NC(=O)c2nc3ccccn3c2CN(C)C)cc1C. The number of anilines is 1. The second-order valence-electron chi connectivity index (χ2n) is 6.33. The van der Waals surface area contributed by atoms with Crippen molar-refractivity contribution in [3.63, 3.8) is 0 Å². The van der Waals surface area contributed by atoms with E-state index in [2.05, 4.69) is 17.2 Å². The largest absolute Gasteiger partial charge is 0.321 e. The number of pyridine rings is 1. The van der Waals surface area contributed by atoms with Gasteiger partial charge in [0.15, 0.2) is 5.69 Å². The molecule has 5 nitrogen and oxygen atoms in total. The predicted molar refractivity (Wildman–Crippen MR) is 96.5 cm³/mol. The van der Waals surface area contributed by atoms with Gasteiger partial charge in [-0.15, -0.1) is 0 Å². The molecule has 3 rings (SSSR count). The number of carbonyl (C=O) groups excluding carboxylic acids is 1. The average molecular weight is 322 g/mol. The summed E-state index contributed by atoms with van der Waals surface area (Å²) in [5, 5.41) is 2.97. The first kappa shape index (κ1) is 16.2. The zero-order chi connectivity index (χ0) is 17.3. The van der Waals surface area contributed by atoms with Gasteiger partial charge in [-0.05, 0) is 63.3 Å². The number of carbonyl (C=O) groups is 1. The van der Waals surface area contributed by atoms with Gasteiger partial charge in [0.05, 0.1) is 5.69 Å². The molecule has 0 atom stereocenters. The van der Waals surface area contributed by atoms with Crippen molar-refractivity contribution in [3.05, 3.63) is 65.1 Å². The zero-order valence-electron chi connectivity index (χ0n) is 14.5. The topological polar surface area (TPSA) is 49.6 Å². The number of fused-ring (bicyclic) bond motifs is 1. The van der Waals surface area contributed by atoms with E-state index >= 15 is 0 Å². The summed E-state index contributed by atoms with van der Waals surface area (Å²) in [6.45, 7) is 4.73. The van der Waals surface area contributed by atoms with Gasteiger partial charge in [0.1, 0.15) is 5.65 Å². The summed E-state index contributed by atoms with van der Waals surface area (Å²) in [7, 11) is 3.96. The van der Waals surface area contributed by atoms with E-state index in [1.54, 1.807) is 0 Å². The van der Waals surface area contributed by atoms with Crippen molar-refractivity contribution in [1.82, 2.24) is 14.3 Å². The van der Waals surface area contributed by atoms with Gasteiger partial charge < -0.3 is 14.6 Å². The number of nitrogens with one attached hydrogen (secondary N) is 1. The fourth-order valence-corrected chi connectivity index (χ4v) is 2.69. The maximum atomic E-state index is 12.8. The predicted octanol–water partition coefficient (Wildman–Crippen LogP) is 3.27. The molecule has 0 spiro atoms. The number of nitrogens with zero attached hydrogens (tertiary/aromatic N) is 3. The molecule has 5 heteroatoms. The molecule has 2 aromatic heterocycles. The lowest BCUT2D eigenvalue weighted by molar-refractivity contribution is 0.102. The van der Waals surface area contributed by atoms with Crippen LogP contribution in [0.3, 0.4) is 0 Å². The van der Waals surface area contributed by atoms with Crippen LogP contribution in [-0.2, 0) is 6.54 Å². The second kappa shape index (κ2) is 6.45. The Morgan fingerprint density at radius 2 is 1.96 bits per heavy atom. The van der Waals surface area contributed by atoms with Crippen LogP contribution in [0.15, 0.2) is 42.6 Å². The molecule has 0 radical (unpaired) electrons. The molecule has 0 aliphatic carbocycles. The fraction of sp³-hybridized carbons (Fsp3) is 0.263. The van der Waals surface area contributed by atoms with E-state index in [9.17, 15) is 4.79 Å². The summed E-state index contributed by atoms with van der Waals surface area (Å²) in [5.41, 5.74) is 5.27. The van der Waals surface area contributed by atoms with Gasteiger partial charge in [-0.2, -0.15) is 0 Å². The minimum atomic E-state index is -0.182. The van der Waals surface area contributed by atoms with E-state index in [0.717, 1.165) is 22.6 Å². The summed E-state index contributed by atoms with van der Waals surface area (Å²) in [5.74, 6) is -0.182. The molecule has 0 saturated heterocycles. The Balaban J connectivity index is 1.97. The van der Waals surface area contributed by atoms with Gasteiger partial charge in [0.2, 0.25) is 0 Å². The third-order valence-corrected chi connectivity index (χ3v) is 4.07. The molecule has 0 unspecified atom stereocenters. The molecule has 1 aromatic carbocycles. The summed E-state index contributed by atoms with van der Waals surface area (Å²) >= 11 is 0. The highest BCUT2D eigenvalue weighted by Gasteiger charge is 2.19. The van der Waals surface area contributed by atoms with Gasteiger partial charge >= 0.3 is 0 Å². The molecule has 0 aliphatic heterocycles. The Morgan fingerprint density at radius 3 is 2.67 bits per heavy atom. The van der Waals surface area contributed by atoms with Crippen LogP contribution >= 0.6 is 0 Å². The summed E-state index contributed by atoms with van der Waals surface area (Å²) in [6.07, 6.45) is 1.94. The maximum absolute atomic E-state index is 12.8. The van der Waals surface area contributed by atoms with E-state index in [1.807, 2.05) is 72.9 Å².